The number of halogens is 4. The Morgan fingerprint density at radius 2 is 2.10 bits per heavy atom. The first-order valence-corrected chi connectivity index (χ1v) is 6.95. The Bertz CT molecular complexity index is 477. The molecule has 112 valence electrons. The molecule has 0 spiro atoms. The monoisotopic (exact) mass is 352 g/mol. The van der Waals surface area contributed by atoms with E-state index in [1.165, 1.54) is 6.07 Å². The van der Waals surface area contributed by atoms with E-state index in [0.29, 0.717) is 10.9 Å². The molecule has 1 aromatic rings. The fourth-order valence-electron chi connectivity index (χ4n) is 1.71. The molecule has 1 rings (SSSR count). The molecule has 7 heteroatoms. The zero-order chi connectivity index (χ0) is 15.3. The van der Waals surface area contributed by atoms with Crippen LogP contribution < -0.4 is 11.1 Å². The highest BCUT2D eigenvalue weighted by atomic mass is 79.9. The third-order valence-corrected chi connectivity index (χ3v) is 3.37. The Morgan fingerprint density at radius 3 is 2.65 bits per heavy atom. The van der Waals surface area contributed by atoms with Crippen LogP contribution in [0.3, 0.4) is 0 Å². The average molecular weight is 353 g/mol. The second-order valence-electron chi connectivity index (χ2n) is 4.49. The van der Waals surface area contributed by atoms with Crippen molar-refractivity contribution in [3.05, 3.63) is 28.2 Å². The third-order valence-electron chi connectivity index (χ3n) is 2.67. The fourth-order valence-corrected chi connectivity index (χ4v) is 2.06. The number of nitrogens with two attached hydrogens (primary N) is 1. The van der Waals surface area contributed by atoms with E-state index < -0.39 is 17.6 Å². The van der Waals surface area contributed by atoms with Crippen LogP contribution in [0.25, 0.3) is 0 Å². The number of carbonyl (C=O) groups is 1. The number of carbonyl (C=O) groups excluding carboxylic acids is 1. The summed E-state index contributed by atoms with van der Waals surface area (Å²) in [5, 5.41) is 2.45. The Balaban J connectivity index is 2.79. The van der Waals surface area contributed by atoms with Gasteiger partial charge in [-0.15, -0.1) is 0 Å². The van der Waals surface area contributed by atoms with E-state index in [9.17, 15) is 18.0 Å². The van der Waals surface area contributed by atoms with Crippen molar-refractivity contribution in [2.45, 2.75) is 38.4 Å². The molecule has 3 nitrogen and oxygen atoms in total. The molecule has 0 bridgehead atoms. The van der Waals surface area contributed by atoms with Crippen LogP contribution in [-0.2, 0) is 11.0 Å². The highest BCUT2D eigenvalue weighted by Gasteiger charge is 2.31. The van der Waals surface area contributed by atoms with Crippen molar-refractivity contribution in [3.8, 4) is 0 Å². The molecule has 1 unspecified atom stereocenters. The van der Waals surface area contributed by atoms with Gasteiger partial charge in [0.1, 0.15) is 0 Å². The standard InChI is InChI=1S/C13H16BrF3N2O/c1-2-3-9(18)7-12(20)19-11-6-8(13(15,16)17)4-5-10(11)14/h4-6,9H,2-3,7,18H2,1H3,(H,19,20). The predicted molar refractivity (Wildman–Crippen MR) is 75.3 cm³/mol. The number of nitrogens with one attached hydrogen (secondary N) is 1. The van der Waals surface area contributed by atoms with Crippen LogP contribution in [0.4, 0.5) is 18.9 Å². The predicted octanol–water partition coefficient (Wildman–Crippen LogP) is 3.92. The van der Waals surface area contributed by atoms with Gasteiger partial charge in [0.25, 0.3) is 0 Å². The molecule has 0 aliphatic heterocycles. The number of amides is 1. The largest absolute Gasteiger partial charge is 0.416 e. The number of hydrogen-bond acceptors (Lipinski definition) is 2. The second-order valence-corrected chi connectivity index (χ2v) is 5.35. The minimum Gasteiger partial charge on any atom is -0.327 e. The highest BCUT2D eigenvalue weighted by molar-refractivity contribution is 9.10. The summed E-state index contributed by atoms with van der Waals surface area (Å²) < 4.78 is 38.2. The SMILES string of the molecule is CCCC(N)CC(=O)Nc1cc(C(F)(F)F)ccc1Br. The van der Waals surface area contributed by atoms with Gasteiger partial charge in [-0.2, -0.15) is 13.2 Å². The number of alkyl halides is 3. The van der Waals surface area contributed by atoms with Gasteiger partial charge in [-0.25, -0.2) is 0 Å². The van der Waals surface area contributed by atoms with Crippen LogP contribution in [-0.4, -0.2) is 11.9 Å². The van der Waals surface area contributed by atoms with Crippen molar-refractivity contribution in [2.75, 3.05) is 5.32 Å². The van der Waals surface area contributed by atoms with Crippen LogP contribution >= 0.6 is 15.9 Å². The fraction of sp³-hybridized carbons (Fsp3) is 0.462. The van der Waals surface area contributed by atoms with Crippen LogP contribution in [0.5, 0.6) is 0 Å². The molecule has 3 N–H and O–H groups in total. The summed E-state index contributed by atoms with van der Waals surface area (Å²) in [4.78, 5) is 11.7. The van der Waals surface area contributed by atoms with Gasteiger partial charge in [0.2, 0.25) is 5.91 Å². The molecule has 1 aromatic carbocycles. The Kier molecular flexibility index (Phi) is 6.01. The summed E-state index contributed by atoms with van der Waals surface area (Å²) in [5.41, 5.74) is 5.00. The summed E-state index contributed by atoms with van der Waals surface area (Å²) in [5.74, 6) is -0.397. The van der Waals surface area contributed by atoms with Gasteiger partial charge in [-0.05, 0) is 40.5 Å². The van der Waals surface area contributed by atoms with E-state index in [4.69, 9.17) is 5.73 Å². The lowest BCUT2D eigenvalue weighted by molar-refractivity contribution is -0.137. The van der Waals surface area contributed by atoms with E-state index in [0.717, 1.165) is 18.6 Å². The lowest BCUT2D eigenvalue weighted by Gasteiger charge is -2.13. The van der Waals surface area contributed by atoms with Gasteiger partial charge in [0, 0.05) is 16.9 Å². The normalized spacial score (nSPS) is 13.1. The molecule has 0 aromatic heterocycles. The van der Waals surface area contributed by atoms with Gasteiger partial charge in [-0.1, -0.05) is 13.3 Å². The molecule has 0 aliphatic rings. The molecule has 0 aliphatic carbocycles. The van der Waals surface area contributed by atoms with Crippen LogP contribution in [0.2, 0.25) is 0 Å². The van der Waals surface area contributed by atoms with E-state index in [2.05, 4.69) is 21.2 Å². The Hall–Kier alpha value is -1.08. The van der Waals surface area contributed by atoms with Crippen molar-refractivity contribution in [2.24, 2.45) is 5.73 Å². The molecule has 0 saturated heterocycles. The smallest absolute Gasteiger partial charge is 0.327 e. The summed E-state index contributed by atoms with van der Waals surface area (Å²) in [7, 11) is 0. The van der Waals surface area contributed by atoms with Crippen molar-refractivity contribution < 1.29 is 18.0 Å². The molecule has 20 heavy (non-hydrogen) atoms. The van der Waals surface area contributed by atoms with Crippen molar-refractivity contribution in [1.29, 1.82) is 0 Å². The molecule has 1 amide bonds. The summed E-state index contributed by atoms with van der Waals surface area (Å²) in [6.07, 6.45) is -2.83. The third kappa shape index (κ3) is 5.13. The first-order chi connectivity index (χ1) is 9.24. The van der Waals surface area contributed by atoms with Crippen molar-refractivity contribution >= 4 is 27.5 Å². The molecular weight excluding hydrogens is 337 g/mol. The maximum absolute atomic E-state index is 12.6. The van der Waals surface area contributed by atoms with Crippen LogP contribution in [0.15, 0.2) is 22.7 Å². The lowest BCUT2D eigenvalue weighted by Crippen LogP contribution is -2.27. The van der Waals surface area contributed by atoms with E-state index >= 15 is 0 Å². The first-order valence-electron chi connectivity index (χ1n) is 6.16. The lowest BCUT2D eigenvalue weighted by atomic mass is 10.1. The number of rotatable bonds is 5. The van der Waals surface area contributed by atoms with Gasteiger partial charge >= 0.3 is 6.18 Å². The molecule has 0 heterocycles. The Labute approximate surface area is 123 Å². The molecule has 1 atom stereocenters. The maximum atomic E-state index is 12.6. The van der Waals surface area contributed by atoms with Gasteiger partial charge in [-0.3, -0.25) is 4.79 Å². The zero-order valence-electron chi connectivity index (χ0n) is 10.9. The minimum absolute atomic E-state index is 0.0799. The molecule has 0 saturated carbocycles. The number of benzene rings is 1. The summed E-state index contributed by atoms with van der Waals surface area (Å²) in [6.45, 7) is 1.95. The first kappa shape index (κ1) is 17.0. The second kappa shape index (κ2) is 7.08. The average Bonchev–Trinajstić information content (AvgIpc) is 2.30. The van der Waals surface area contributed by atoms with Gasteiger partial charge < -0.3 is 11.1 Å². The van der Waals surface area contributed by atoms with Crippen molar-refractivity contribution in [1.82, 2.24) is 0 Å². The maximum Gasteiger partial charge on any atom is 0.416 e. The highest BCUT2D eigenvalue weighted by Crippen LogP contribution is 2.34. The summed E-state index contributed by atoms with van der Waals surface area (Å²) in [6, 6.07) is 2.81. The summed E-state index contributed by atoms with van der Waals surface area (Å²) >= 11 is 3.11. The van der Waals surface area contributed by atoms with Gasteiger partial charge in [0.05, 0.1) is 11.3 Å². The number of anilines is 1. The Morgan fingerprint density at radius 1 is 1.45 bits per heavy atom. The minimum atomic E-state index is -4.45. The van der Waals surface area contributed by atoms with E-state index in [-0.39, 0.29) is 18.2 Å². The topological polar surface area (TPSA) is 55.1 Å². The molecule has 0 fully saturated rings. The van der Waals surface area contributed by atoms with E-state index in [1.54, 1.807) is 0 Å². The molecular formula is C13H16BrF3N2O. The number of hydrogen-bond donors (Lipinski definition) is 2. The van der Waals surface area contributed by atoms with E-state index in [1.807, 2.05) is 6.92 Å². The zero-order valence-corrected chi connectivity index (χ0v) is 12.5. The quantitative estimate of drug-likeness (QED) is 0.843. The molecule has 0 radical (unpaired) electrons. The van der Waals surface area contributed by atoms with Crippen LogP contribution in [0, 0.1) is 0 Å². The van der Waals surface area contributed by atoms with Crippen molar-refractivity contribution in [3.63, 3.8) is 0 Å². The van der Waals surface area contributed by atoms with Crippen LogP contribution in [0.1, 0.15) is 31.7 Å². The van der Waals surface area contributed by atoms with Gasteiger partial charge in [0.15, 0.2) is 0 Å².